The van der Waals surface area contributed by atoms with E-state index >= 15 is 0 Å². The van der Waals surface area contributed by atoms with Crippen LogP contribution in [-0.4, -0.2) is 35.6 Å². The van der Waals surface area contributed by atoms with Gasteiger partial charge in [-0.15, -0.1) is 0 Å². The summed E-state index contributed by atoms with van der Waals surface area (Å²) in [4.78, 5) is 23.7. The number of hydrogen-bond donors (Lipinski definition) is 3. The third kappa shape index (κ3) is 5.67. The SMILES string of the molecule is CC(=O)NC(C(=O)NCC(O)Cc1ccccc1)C1CCCC1. The van der Waals surface area contributed by atoms with Gasteiger partial charge in [-0.2, -0.15) is 0 Å². The fourth-order valence-corrected chi connectivity index (χ4v) is 3.19. The number of carbonyl (C=O) groups is 2. The zero-order chi connectivity index (χ0) is 16.7. The molecule has 2 atom stereocenters. The number of hydrogen-bond acceptors (Lipinski definition) is 3. The van der Waals surface area contributed by atoms with Gasteiger partial charge >= 0.3 is 0 Å². The molecule has 0 spiro atoms. The van der Waals surface area contributed by atoms with Crippen LogP contribution in [0.3, 0.4) is 0 Å². The van der Waals surface area contributed by atoms with Crippen molar-refractivity contribution in [3.8, 4) is 0 Å². The molecule has 1 fully saturated rings. The second-order valence-electron chi connectivity index (χ2n) is 6.31. The van der Waals surface area contributed by atoms with Crippen LogP contribution in [-0.2, 0) is 16.0 Å². The van der Waals surface area contributed by atoms with Crippen molar-refractivity contribution >= 4 is 11.8 Å². The van der Waals surface area contributed by atoms with Gasteiger partial charge in [-0.1, -0.05) is 43.2 Å². The third-order valence-corrected chi connectivity index (χ3v) is 4.34. The van der Waals surface area contributed by atoms with Gasteiger partial charge in [-0.3, -0.25) is 9.59 Å². The molecule has 0 bridgehead atoms. The second-order valence-corrected chi connectivity index (χ2v) is 6.31. The zero-order valence-electron chi connectivity index (χ0n) is 13.6. The minimum absolute atomic E-state index is 0.191. The molecular formula is C18H26N2O3. The minimum Gasteiger partial charge on any atom is -0.391 e. The second kappa shape index (κ2) is 8.67. The number of amides is 2. The van der Waals surface area contributed by atoms with Gasteiger partial charge in [0, 0.05) is 19.9 Å². The van der Waals surface area contributed by atoms with Gasteiger partial charge in [0.15, 0.2) is 0 Å². The Hall–Kier alpha value is -1.88. The van der Waals surface area contributed by atoms with E-state index in [1.807, 2.05) is 30.3 Å². The lowest BCUT2D eigenvalue weighted by Crippen LogP contribution is -2.51. The molecule has 126 valence electrons. The molecule has 5 heteroatoms. The first kappa shape index (κ1) is 17.5. The lowest BCUT2D eigenvalue weighted by atomic mass is 9.97. The van der Waals surface area contributed by atoms with Gasteiger partial charge in [0.1, 0.15) is 6.04 Å². The van der Waals surface area contributed by atoms with Crippen LogP contribution >= 0.6 is 0 Å². The van der Waals surface area contributed by atoms with Crippen LogP contribution in [0.25, 0.3) is 0 Å². The van der Waals surface area contributed by atoms with Gasteiger partial charge in [0.2, 0.25) is 11.8 Å². The van der Waals surface area contributed by atoms with E-state index in [1.165, 1.54) is 6.92 Å². The maximum atomic E-state index is 12.4. The molecule has 1 aromatic carbocycles. The lowest BCUT2D eigenvalue weighted by molar-refractivity contribution is -0.129. The molecule has 0 saturated heterocycles. The number of carbonyl (C=O) groups excluding carboxylic acids is 2. The molecule has 23 heavy (non-hydrogen) atoms. The largest absolute Gasteiger partial charge is 0.391 e. The molecule has 0 aliphatic heterocycles. The number of aliphatic hydroxyl groups excluding tert-OH is 1. The smallest absolute Gasteiger partial charge is 0.242 e. The summed E-state index contributed by atoms with van der Waals surface area (Å²) in [6.45, 7) is 1.62. The zero-order valence-corrected chi connectivity index (χ0v) is 13.6. The van der Waals surface area contributed by atoms with Gasteiger partial charge in [-0.05, 0) is 24.3 Å². The predicted octanol–water partition coefficient (Wildman–Crippen LogP) is 1.40. The van der Waals surface area contributed by atoms with E-state index in [9.17, 15) is 14.7 Å². The molecule has 1 saturated carbocycles. The van der Waals surface area contributed by atoms with Gasteiger partial charge < -0.3 is 15.7 Å². The van der Waals surface area contributed by atoms with Crippen LogP contribution in [0.5, 0.6) is 0 Å². The predicted molar refractivity (Wildman–Crippen MR) is 88.7 cm³/mol. The van der Waals surface area contributed by atoms with E-state index < -0.39 is 12.1 Å². The fourth-order valence-electron chi connectivity index (χ4n) is 3.19. The first-order valence-corrected chi connectivity index (χ1v) is 8.33. The summed E-state index contributed by atoms with van der Waals surface area (Å²) >= 11 is 0. The van der Waals surface area contributed by atoms with E-state index in [0.29, 0.717) is 6.42 Å². The average molecular weight is 318 g/mol. The molecule has 1 aliphatic carbocycles. The molecule has 2 amide bonds. The Morgan fingerprint density at radius 3 is 2.48 bits per heavy atom. The molecule has 1 aliphatic rings. The van der Waals surface area contributed by atoms with Crippen LogP contribution in [0.4, 0.5) is 0 Å². The highest BCUT2D eigenvalue weighted by molar-refractivity contribution is 5.87. The maximum absolute atomic E-state index is 12.4. The molecule has 3 N–H and O–H groups in total. The molecule has 5 nitrogen and oxygen atoms in total. The summed E-state index contributed by atoms with van der Waals surface area (Å²) in [6.07, 6.45) is 3.99. The van der Waals surface area contributed by atoms with Crippen LogP contribution in [0.1, 0.15) is 38.2 Å². The topological polar surface area (TPSA) is 78.4 Å². The molecule has 2 unspecified atom stereocenters. The van der Waals surface area contributed by atoms with Crippen molar-refractivity contribution < 1.29 is 14.7 Å². The van der Waals surface area contributed by atoms with Crippen molar-refractivity contribution in [3.05, 3.63) is 35.9 Å². The van der Waals surface area contributed by atoms with Gasteiger partial charge in [0.05, 0.1) is 6.10 Å². The van der Waals surface area contributed by atoms with Crippen molar-refractivity contribution in [2.75, 3.05) is 6.54 Å². The highest BCUT2D eigenvalue weighted by atomic mass is 16.3. The summed E-state index contributed by atoms with van der Waals surface area (Å²) in [5.74, 6) is -0.189. The number of nitrogens with one attached hydrogen (secondary N) is 2. The van der Waals surface area contributed by atoms with Crippen molar-refractivity contribution in [1.82, 2.24) is 10.6 Å². The lowest BCUT2D eigenvalue weighted by Gasteiger charge is -2.24. The number of benzene rings is 1. The average Bonchev–Trinajstić information content (AvgIpc) is 3.05. The van der Waals surface area contributed by atoms with E-state index in [4.69, 9.17) is 0 Å². The van der Waals surface area contributed by atoms with Crippen molar-refractivity contribution in [2.24, 2.45) is 5.92 Å². The number of rotatable bonds is 7. The Labute approximate surface area is 137 Å². The molecule has 2 rings (SSSR count). The first-order valence-electron chi connectivity index (χ1n) is 8.33. The van der Waals surface area contributed by atoms with Crippen molar-refractivity contribution in [2.45, 2.75) is 51.2 Å². The van der Waals surface area contributed by atoms with Crippen LogP contribution in [0.2, 0.25) is 0 Å². The molecule has 1 aromatic rings. The van der Waals surface area contributed by atoms with Gasteiger partial charge in [-0.25, -0.2) is 0 Å². The van der Waals surface area contributed by atoms with Gasteiger partial charge in [0.25, 0.3) is 0 Å². The van der Waals surface area contributed by atoms with Crippen LogP contribution in [0.15, 0.2) is 30.3 Å². The summed E-state index contributed by atoms with van der Waals surface area (Å²) in [6, 6.07) is 9.19. The Bertz CT molecular complexity index is 512. The number of aliphatic hydroxyl groups is 1. The van der Waals surface area contributed by atoms with E-state index in [2.05, 4.69) is 10.6 Å². The molecule has 0 radical (unpaired) electrons. The van der Waals surface area contributed by atoms with Crippen molar-refractivity contribution in [3.63, 3.8) is 0 Å². The molecular weight excluding hydrogens is 292 g/mol. The highest BCUT2D eigenvalue weighted by Gasteiger charge is 2.31. The quantitative estimate of drug-likeness (QED) is 0.711. The summed E-state index contributed by atoms with van der Waals surface area (Å²) < 4.78 is 0. The third-order valence-electron chi connectivity index (χ3n) is 4.34. The molecule has 0 aromatic heterocycles. The standard InChI is InChI=1S/C18H26N2O3/c1-13(21)20-17(15-9-5-6-10-15)18(23)19-12-16(22)11-14-7-3-2-4-8-14/h2-4,7-8,15-17,22H,5-6,9-12H2,1H3,(H,19,23)(H,20,21). The van der Waals surface area contributed by atoms with E-state index in [-0.39, 0.29) is 24.3 Å². The monoisotopic (exact) mass is 318 g/mol. The van der Waals surface area contributed by atoms with Crippen molar-refractivity contribution in [1.29, 1.82) is 0 Å². The fraction of sp³-hybridized carbons (Fsp3) is 0.556. The maximum Gasteiger partial charge on any atom is 0.242 e. The van der Waals surface area contributed by atoms with Crippen LogP contribution < -0.4 is 10.6 Å². The summed E-state index contributed by atoms with van der Waals surface area (Å²) in [5, 5.41) is 15.6. The minimum atomic E-state index is -0.636. The van der Waals surface area contributed by atoms with E-state index in [1.54, 1.807) is 0 Å². The normalized spacial score (nSPS) is 17.5. The first-order chi connectivity index (χ1) is 11.1. The van der Waals surface area contributed by atoms with Crippen LogP contribution in [0, 0.1) is 5.92 Å². The van der Waals surface area contributed by atoms with E-state index in [0.717, 1.165) is 31.2 Å². The Morgan fingerprint density at radius 2 is 1.87 bits per heavy atom. The Balaban J connectivity index is 1.84. The highest BCUT2D eigenvalue weighted by Crippen LogP contribution is 2.27. The Morgan fingerprint density at radius 1 is 1.22 bits per heavy atom. The molecule has 0 heterocycles. The summed E-state index contributed by atoms with van der Waals surface area (Å²) in [7, 11) is 0. The Kier molecular flexibility index (Phi) is 6.59. The summed E-state index contributed by atoms with van der Waals surface area (Å²) in [5.41, 5.74) is 1.03.